The predicted octanol–water partition coefficient (Wildman–Crippen LogP) is 5.15. The van der Waals surface area contributed by atoms with Gasteiger partial charge in [0.05, 0.1) is 6.04 Å². The average Bonchev–Trinajstić information content (AvgIpc) is 3.01. The van der Waals surface area contributed by atoms with Gasteiger partial charge >= 0.3 is 0 Å². The summed E-state index contributed by atoms with van der Waals surface area (Å²) in [6.45, 7) is 4.70. The van der Waals surface area contributed by atoms with E-state index in [0.29, 0.717) is 12.3 Å². The maximum Gasteiger partial charge on any atom is 0.120 e. The van der Waals surface area contributed by atoms with E-state index in [2.05, 4.69) is 46.9 Å². The molecule has 3 nitrogen and oxygen atoms in total. The Morgan fingerprint density at radius 3 is 2.77 bits per heavy atom. The minimum Gasteiger partial charge on any atom is -0.508 e. The van der Waals surface area contributed by atoms with E-state index >= 15 is 0 Å². The molecule has 1 atom stereocenters. The molecule has 0 unspecified atom stereocenters. The van der Waals surface area contributed by atoms with Gasteiger partial charge in [0.1, 0.15) is 5.75 Å². The first kappa shape index (κ1) is 17.2. The maximum absolute atomic E-state index is 10.3. The number of aryl methyl sites for hydroxylation is 2. The fraction of sp³-hybridized carbons (Fsp3) is 0.273. The van der Waals surface area contributed by atoms with Gasteiger partial charge in [0.25, 0.3) is 0 Å². The molecular formula is C22H23ClN2O. The fourth-order valence-corrected chi connectivity index (χ4v) is 4.16. The molecule has 0 saturated heterocycles. The number of nitrogens with zero attached hydrogens (tertiary/aromatic N) is 2. The van der Waals surface area contributed by atoms with Crippen LogP contribution in [0.2, 0.25) is 5.02 Å². The van der Waals surface area contributed by atoms with Crippen LogP contribution in [0.25, 0.3) is 0 Å². The van der Waals surface area contributed by atoms with Crippen molar-refractivity contribution in [2.75, 3.05) is 6.54 Å². The quantitative estimate of drug-likeness (QED) is 0.694. The first-order chi connectivity index (χ1) is 12.6. The van der Waals surface area contributed by atoms with E-state index in [4.69, 9.17) is 11.6 Å². The molecule has 26 heavy (non-hydrogen) atoms. The van der Waals surface area contributed by atoms with Crippen LogP contribution in [0.5, 0.6) is 5.75 Å². The molecule has 2 heterocycles. The first-order valence-electron chi connectivity index (χ1n) is 9.05. The largest absolute Gasteiger partial charge is 0.508 e. The Kier molecular flexibility index (Phi) is 4.75. The van der Waals surface area contributed by atoms with E-state index in [1.54, 1.807) is 6.07 Å². The third kappa shape index (κ3) is 3.25. The van der Waals surface area contributed by atoms with Crippen molar-refractivity contribution in [1.29, 1.82) is 0 Å². The van der Waals surface area contributed by atoms with Crippen LogP contribution in [0, 0.1) is 6.92 Å². The van der Waals surface area contributed by atoms with Gasteiger partial charge in [-0.3, -0.25) is 4.90 Å². The Morgan fingerprint density at radius 1 is 1.08 bits per heavy atom. The molecule has 0 bridgehead atoms. The minimum absolute atomic E-state index is 0.0705. The molecule has 1 aliphatic heterocycles. The lowest BCUT2D eigenvalue weighted by Crippen LogP contribution is -2.29. The molecule has 1 aliphatic rings. The molecule has 0 radical (unpaired) electrons. The van der Waals surface area contributed by atoms with Crippen LogP contribution in [0.4, 0.5) is 0 Å². The number of rotatable bonds is 3. The fourth-order valence-electron chi connectivity index (χ4n) is 3.92. The van der Waals surface area contributed by atoms with Gasteiger partial charge in [0.15, 0.2) is 0 Å². The van der Waals surface area contributed by atoms with Gasteiger partial charge in [-0.25, -0.2) is 0 Å². The summed E-state index contributed by atoms with van der Waals surface area (Å²) >= 11 is 6.58. The van der Waals surface area contributed by atoms with E-state index in [9.17, 15) is 5.11 Å². The van der Waals surface area contributed by atoms with E-state index in [1.807, 2.05) is 24.3 Å². The van der Waals surface area contributed by atoms with Crippen molar-refractivity contribution in [2.24, 2.45) is 0 Å². The van der Waals surface area contributed by atoms with Crippen LogP contribution in [0.15, 0.2) is 60.8 Å². The second kappa shape index (κ2) is 7.18. The number of hydrogen-bond donors (Lipinski definition) is 1. The topological polar surface area (TPSA) is 28.4 Å². The van der Waals surface area contributed by atoms with Gasteiger partial charge in [-0.05, 0) is 43.2 Å². The van der Waals surface area contributed by atoms with Crippen molar-refractivity contribution in [1.82, 2.24) is 9.47 Å². The lowest BCUT2D eigenvalue weighted by atomic mass is 10.0. The Bertz CT molecular complexity index is 918. The molecule has 0 fully saturated rings. The summed E-state index contributed by atoms with van der Waals surface area (Å²) in [6, 6.07) is 18.2. The first-order valence-corrected chi connectivity index (χ1v) is 9.43. The zero-order valence-corrected chi connectivity index (χ0v) is 15.7. The Hall–Kier alpha value is -2.23. The van der Waals surface area contributed by atoms with E-state index in [0.717, 1.165) is 41.2 Å². The van der Waals surface area contributed by atoms with Crippen molar-refractivity contribution >= 4 is 11.6 Å². The lowest BCUT2D eigenvalue weighted by molar-refractivity contribution is 0.218. The molecule has 0 aliphatic carbocycles. The molecule has 134 valence electrons. The van der Waals surface area contributed by atoms with Gasteiger partial charge in [0.2, 0.25) is 0 Å². The number of fused-ring (bicyclic) bond motifs is 1. The Balaban J connectivity index is 1.79. The summed E-state index contributed by atoms with van der Waals surface area (Å²) in [5, 5.41) is 11.1. The summed E-state index contributed by atoms with van der Waals surface area (Å²) in [7, 11) is 0. The van der Waals surface area contributed by atoms with Gasteiger partial charge in [0, 0.05) is 42.1 Å². The molecule has 4 rings (SSSR count). The van der Waals surface area contributed by atoms with Gasteiger partial charge in [-0.1, -0.05) is 47.5 Å². The van der Waals surface area contributed by atoms with Crippen LogP contribution in [-0.4, -0.2) is 21.1 Å². The smallest absolute Gasteiger partial charge is 0.120 e. The van der Waals surface area contributed by atoms with E-state index < -0.39 is 0 Å². The summed E-state index contributed by atoms with van der Waals surface area (Å²) in [5.74, 6) is 0.355. The summed E-state index contributed by atoms with van der Waals surface area (Å²) in [6.07, 6.45) is 3.21. The molecule has 3 aromatic rings. The maximum atomic E-state index is 10.3. The Morgan fingerprint density at radius 2 is 1.92 bits per heavy atom. The number of aromatic hydroxyl groups is 1. The molecule has 0 saturated carbocycles. The van der Waals surface area contributed by atoms with Crippen molar-refractivity contribution in [3.05, 3.63) is 88.2 Å². The van der Waals surface area contributed by atoms with E-state index in [1.165, 1.54) is 5.69 Å². The second-order valence-corrected chi connectivity index (χ2v) is 7.41. The van der Waals surface area contributed by atoms with Crippen LogP contribution in [0.3, 0.4) is 0 Å². The highest BCUT2D eigenvalue weighted by atomic mass is 35.5. The zero-order valence-electron chi connectivity index (χ0n) is 14.9. The standard InChI is InChI=1S/C22H23ClN2O/c1-16-9-10-21(26)17(14-16)15-25-13-5-12-24-11-4-8-20(24)22(25)18-6-2-3-7-19(18)23/h2-4,6-11,14,22,26H,5,12-13,15H2,1H3/t22-/m1/s1. The number of halogens is 1. The summed E-state index contributed by atoms with van der Waals surface area (Å²) in [5.41, 5.74) is 4.48. The highest BCUT2D eigenvalue weighted by molar-refractivity contribution is 6.31. The molecule has 1 N–H and O–H groups in total. The highest BCUT2D eigenvalue weighted by Gasteiger charge is 2.29. The Labute approximate surface area is 159 Å². The van der Waals surface area contributed by atoms with Gasteiger partial charge in [-0.2, -0.15) is 0 Å². The average molecular weight is 367 g/mol. The van der Waals surface area contributed by atoms with Crippen molar-refractivity contribution < 1.29 is 5.11 Å². The highest BCUT2D eigenvalue weighted by Crippen LogP contribution is 2.37. The number of phenolic OH excluding ortho intramolecular Hbond substituents is 1. The normalized spacial score (nSPS) is 17.7. The molecule has 1 aromatic heterocycles. The van der Waals surface area contributed by atoms with Crippen molar-refractivity contribution in [3.63, 3.8) is 0 Å². The van der Waals surface area contributed by atoms with E-state index in [-0.39, 0.29) is 6.04 Å². The number of benzene rings is 2. The van der Waals surface area contributed by atoms with Crippen LogP contribution < -0.4 is 0 Å². The molecule has 4 heteroatoms. The SMILES string of the molecule is Cc1ccc(O)c(CN2CCCn3cccc3[C@H]2c2ccccc2Cl)c1. The molecule has 2 aromatic carbocycles. The summed E-state index contributed by atoms with van der Waals surface area (Å²) in [4.78, 5) is 2.43. The van der Waals surface area contributed by atoms with Crippen LogP contribution >= 0.6 is 11.6 Å². The van der Waals surface area contributed by atoms with Gasteiger partial charge in [-0.15, -0.1) is 0 Å². The summed E-state index contributed by atoms with van der Waals surface area (Å²) < 4.78 is 2.32. The number of aromatic nitrogens is 1. The zero-order chi connectivity index (χ0) is 18.1. The monoisotopic (exact) mass is 366 g/mol. The predicted molar refractivity (Wildman–Crippen MR) is 106 cm³/mol. The molecule has 0 spiro atoms. The van der Waals surface area contributed by atoms with Crippen molar-refractivity contribution in [2.45, 2.75) is 32.5 Å². The number of phenols is 1. The van der Waals surface area contributed by atoms with Crippen molar-refractivity contribution in [3.8, 4) is 5.75 Å². The van der Waals surface area contributed by atoms with Crippen LogP contribution in [-0.2, 0) is 13.1 Å². The third-order valence-corrected chi connectivity index (χ3v) is 5.51. The van der Waals surface area contributed by atoms with Crippen LogP contribution in [0.1, 0.15) is 34.8 Å². The van der Waals surface area contributed by atoms with Gasteiger partial charge < -0.3 is 9.67 Å². The molecule has 0 amide bonds. The second-order valence-electron chi connectivity index (χ2n) is 7.01. The third-order valence-electron chi connectivity index (χ3n) is 5.16. The lowest BCUT2D eigenvalue weighted by Gasteiger charge is -2.31. The number of hydrogen-bond acceptors (Lipinski definition) is 2. The molecular weight excluding hydrogens is 344 g/mol. The minimum atomic E-state index is 0.0705.